The number of anilines is 1. The molecule has 0 saturated carbocycles. The number of amides is 3. The minimum atomic E-state index is -0.488. The van der Waals surface area contributed by atoms with Crippen LogP contribution in [-0.4, -0.2) is 32.7 Å². The van der Waals surface area contributed by atoms with E-state index in [1.54, 1.807) is 42.5 Å². The number of nitrogens with two attached hydrogens (primary N) is 1. The lowest BCUT2D eigenvalue weighted by Crippen LogP contribution is -2.28. The van der Waals surface area contributed by atoms with Crippen molar-refractivity contribution in [2.24, 2.45) is 5.73 Å². The molecule has 0 heterocycles. The summed E-state index contributed by atoms with van der Waals surface area (Å²) in [4.78, 5) is 22.9. The van der Waals surface area contributed by atoms with Crippen molar-refractivity contribution in [3.63, 3.8) is 0 Å². The van der Waals surface area contributed by atoms with Gasteiger partial charge in [0.1, 0.15) is 0 Å². The summed E-state index contributed by atoms with van der Waals surface area (Å²) in [5, 5.41) is 5.31. The minimum Gasteiger partial charge on any atom is -0.493 e. The molecule has 0 fully saturated rings. The summed E-state index contributed by atoms with van der Waals surface area (Å²) in [5.41, 5.74) is 6.88. The minimum absolute atomic E-state index is 0.163. The molecule has 26 heavy (non-hydrogen) atoms. The molecule has 0 atom stereocenters. The molecule has 2 aromatic rings. The van der Waals surface area contributed by atoms with Crippen molar-refractivity contribution in [1.82, 2.24) is 5.32 Å². The molecular formula is C19H19N3O4. The van der Waals surface area contributed by atoms with E-state index in [1.165, 1.54) is 14.2 Å². The molecule has 0 aliphatic rings. The zero-order valence-corrected chi connectivity index (χ0v) is 14.5. The van der Waals surface area contributed by atoms with Crippen LogP contribution in [0.2, 0.25) is 0 Å². The fourth-order valence-corrected chi connectivity index (χ4v) is 2.08. The van der Waals surface area contributed by atoms with Crippen molar-refractivity contribution in [3.8, 4) is 23.3 Å². The van der Waals surface area contributed by atoms with Crippen LogP contribution < -0.4 is 25.8 Å². The highest BCUT2D eigenvalue weighted by Crippen LogP contribution is 2.29. The van der Waals surface area contributed by atoms with Crippen LogP contribution in [0.3, 0.4) is 0 Å². The average molecular weight is 353 g/mol. The first kappa shape index (κ1) is 18.7. The molecule has 0 aliphatic heterocycles. The Bertz CT molecular complexity index is 851. The number of methoxy groups -OCH3 is 2. The average Bonchev–Trinajstić information content (AvgIpc) is 2.65. The number of benzene rings is 2. The molecule has 7 heteroatoms. The van der Waals surface area contributed by atoms with Crippen molar-refractivity contribution in [2.75, 3.05) is 26.1 Å². The van der Waals surface area contributed by atoms with Gasteiger partial charge >= 0.3 is 6.03 Å². The Labute approximate surface area is 151 Å². The molecule has 0 aliphatic carbocycles. The topological polar surface area (TPSA) is 103 Å². The van der Waals surface area contributed by atoms with Gasteiger partial charge in [-0.2, -0.15) is 0 Å². The Morgan fingerprint density at radius 1 is 1.04 bits per heavy atom. The number of hydrogen-bond acceptors (Lipinski definition) is 4. The van der Waals surface area contributed by atoms with Crippen LogP contribution in [0.4, 0.5) is 10.5 Å². The lowest BCUT2D eigenvalue weighted by atomic mass is 10.1. The molecule has 7 nitrogen and oxygen atoms in total. The van der Waals surface area contributed by atoms with Gasteiger partial charge in [-0.25, -0.2) is 4.79 Å². The molecule has 0 saturated heterocycles. The summed E-state index contributed by atoms with van der Waals surface area (Å²) in [6.07, 6.45) is 0. The van der Waals surface area contributed by atoms with Crippen molar-refractivity contribution in [2.45, 2.75) is 0 Å². The Kier molecular flexibility index (Phi) is 6.46. The molecule has 0 bridgehead atoms. The molecule has 0 unspecified atom stereocenters. The summed E-state index contributed by atoms with van der Waals surface area (Å²) in [6.45, 7) is 0.163. The normalized spacial score (nSPS) is 9.46. The molecule has 2 rings (SSSR count). The van der Waals surface area contributed by atoms with E-state index in [-0.39, 0.29) is 6.54 Å². The summed E-state index contributed by atoms with van der Waals surface area (Å²) < 4.78 is 10.3. The fraction of sp³-hybridized carbons (Fsp3) is 0.158. The van der Waals surface area contributed by atoms with E-state index in [0.717, 1.165) is 5.56 Å². The summed E-state index contributed by atoms with van der Waals surface area (Å²) >= 11 is 0. The van der Waals surface area contributed by atoms with Crippen molar-refractivity contribution >= 4 is 17.6 Å². The Morgan fingerprint density at radius 3 is 2.35 bits per heavy atom. The fourth-order valence-electron chi connectivity index (χ4n) is 2.08. The van der Waals surface area contributed by atoms with E-state index in [9.17, 15) is 9.59 Å². The van der Waals surface area contributed by atoms with Gasteiger partial charge in [0, 0.05) is 22.9 Å². The monoisotopic (exact) mass is 353 g/mol. The highest BCUT2D eigenvalue weighted by molar-refractivity contribution is 5.92. The summed E-state index contributed by atoms with van der Waals surface area (Å²) in [5.74, 6) is 6.31. The zero-order chi connectivity index (χ0) is 18.9. The Balaban J connectivity index is 1.87. The molecule has 0 radical (unpaired) electrons. The van der Waals surface area contributed by atoms with Gasteiger partial charge in [-0.15, -0.1) is 0 Å². The first-order valence-corrected chi connectivity index (χ1v) is 7.69. The predicted molar refractivity (Wildman–Crippen MR) is 98.4 cm³/mol. The third-order valence-corrected chi connectivity index (χ3v) is 3.38. The molecule has 4 N–H and O–H groups in total. The van der Waals surface area contributed by atoms with Crippen molar-refractivity contribution in [1.29, 1.82) is 0 Å². The number of rotatable bonds is 5. The van der Waals surface area contributed by atoms with Crippen molar-refractivity contribution < 1.29 is 19.1 Å². The van der Waals surface area contributed by atoms with E-state index < -0.39 is 11.9 Å². The predicted octanol–water partition coefficient (Wildman–Crippen LogP) is 1.98. The van der Waals surface area contributed by atoms with E-state index in [2.05, 4.69) is 22.5 Å². The number of hydrogen-bond donors (Lipinski definition) is 3. The van der Waals surface area contributed by atoms with Gasteiger partial charge in [0.2, 0.25) is 5.91 Å². The second-order valence-corrected chi connectivity index (χ2v) is 5.12. The second-order valence-electron chi connectivity index (χ2n) is 5.12. The van der Waals surface area contributed by atoms with Crippen LogP contribution >= 0.6 is 0 Å². The summed E-state index contributed by atoms with van der Waals surface area (Å²) in [7, 11) is 3.06. The molecule has 2 aromatic carbocycles. The maximum atomic E-state index is 11.9. The Hall–Kier alpha value is -3.66. The molecule has 3 amide bonds. The van der Waals surface area contributed by atoms with Crippen LogP contribution in [0.1, 0.15) is 15.9 Å². The number of carbonyl (C=O) groups excluding carboxylic acids is 2. The lowest BCUT2D eigenvalue weighted by molar-refractivity contribution is 0.1000. The van der Waals surface area contributed by atoms with Crippen LogP contribution in [0.25, 0.3) is 0 Å². The van der Waals surface area contributed by atoms with Crippen molar-refractivity contribution in [3.05, 3.63) is 53.6 Å². The van der Waals surface area contributed by atoms with Crippen LogP contribution in [0.15, 0.2) is 42.5 Å². The summed E-state index contributed by atoms with van der Waals surface area (Å²) in [6, 6.07) is 11.2. The maximum absolute atomic E-state index is 11.9. The highest BCUT2D eigenvalue weighted by Gasteiger charge is 2.06. The number of carbonyl (C=O) groups is 2. The van der Waals surface area contributed by atoms with Gasteiger partial charge < -0.3 is 25.8 Å². The van der Waals surface area contributed by atoms with Gasteiger partial charge in [0.25, 0.3) is 0 Å². The standard InChI is InChI=1S/C19H19N3O4/c1-25-16-10-9-15(12-17(16)26-2)22-19(24)21-11-3-4-13-5-7-14(8-6-13)18(20)23/h5-10,12H,11H2,1-2H3,(H2,20,23)(H2,21,22,24). The second kappa shape index (κ2) is 8.99. The number of urea groups is 1. The van der Waals surface area contributed by atoms with E-state index in [1.807, 2.05) is 0 Å². The lowest BCUT2D eigenvalue weighted by Gasteiger charge is -2.10. The SMILES string of the molecule is COc1ccc(NC(=O)NCC#Cc2ccc(C(N)=O)cc2)cc1OC. The maximum Gasteiger partial charge on any atom is 0.319 e. The first-order valence-electron chi connectivity index (χ1n) is 7.69. The van der Waals surface area contributed by atoms with Gasteiger partial charge in [0.15, 0.2) is 11.5 Å². The van der Waals surface area contributed by atoms with Gasteiger partial charge in [-0.3, -0.25) is 4.79 Å². The number of primary amides is 1. The van der Waals surface area contributed by atoms with Gasteiger partial charge in [0.05, 0.1) is 20.8 Å². The van der Waals surface area contributed by atoms with E-state index in [0.29, 0.717) is 22.7 Å². The number of ether oxygens (including phenoxy) is 2. The molecule has 0 aromatic heterocycles. The molecule has 134 valence electrons. The third-order valence-electron chi connectivity index (χ3n) is 3.38. The Morgan fingerprint density at radius 2 is 1.73 bits per heavy atom. The third kappa shape index (κ3) is 5.18. The highest BCUT2D eigenvalue weighted by atomic mass is 16.5. The van der Waals surface area contributed by atoms with Crippen LogP contribution in [-0.2, 0) is 0 Å². The quantitative estimate of drug-likeness (QED) is 0.715. The van der Waals surface area contributed by atoms with Crippen LogP contribution in [0, 0.1) is 11.8 Å². The van der Waals surface area contributed by atoms with Gasteiger partial charge in [-0.1, -0.05) is 11.8 Å². The van der Waals surface area contributed by atoms with E-state index >= 15 is 0 Å². The smallest absolute Gasteiger partial charge is 0.319 e. The first-order chi connectivity index (χ1) is 12.5. The molecular weight excluding hydrogens is 334 g/mol. The molecule has 0 spiro atoms. The van der Waals surface area contributed by atoms with E-state index in [4.69, 9.17) is 15.2 Å². The van der Waals surface area contributed by atoms with Crippen LogP contribution in [0.5, 0.6) is 11.5 Å². The zero-order valence-electron chi connectivity index (χ0n) is 14.5. The largest absolute Gasteiger partial charge is 0.493 e. The van der Waals surface area contributed by atoms with Gasteiger partial charge in [-0.05, 0) is 36.4 Å². The number of nitrogens with one attached hydrogen (secondary N) is 2.